The maximum Gasteiger partial charge on any atom is 0.243 e. The summed E-state index contributed by atoms with van der Waals surface area (Å²) in [4.78, 5) is -0.381. The average molecular weight is 288 g/mol. The van der Waals surface area contributed by atoms with Crippen molar-refractivity contribution in [2.24, 2.45) is 0 Å². The minimum atomic E-state index is -3.84. The summed E-state index contributed by atoms with van der Waals surface area (Å²) in [5, 5.41) is 0. The fourth-order valence-electron chi connectivity index (χ4n) is 2.04. The van der Waals surface area contributed by atoms with Gasteiger partial charge in [-0.2, -0.15) is 0 Å². The van der Waals surface area contributed by atoms with E-state index in [4.69, 9.17) is 10.5 Å². The van der Waals surface area contributed by atoms with Crippen LogP contribution in [0.5, 0.6) is 0 Å². The molecule has 1 aliphatic heterocycles. The maximum absolute atomic E-state index is 13.6. The van der Waals surface area contributed by atoms with Crippen LogP contribution in [0.15, 0.2) is 23.1 Å². The van der Waals surface area contributed by atoms with Gasteiger partial charge in [-0.3, -0.25) is 0 Å². The van der Waals surface area contributed by atoms with Gasteiger partial charge in [-0.15, -0.1) is 0 Å². The molecule has 0 radical (unpaired) electrons. The van der Waals surface area contributed by atoms with Crippen molar-refractivity contribution in [3.63, 3.8) is 0 Å². The predicted molar refractivity (Wildman–Crippen MR) is 69.6 cm³/mol. The number of nitrogen functional groups attached to an aromatic ring is 1. The molecule has 2 rings (SSSR count). The number of halogens is 1. The van der Waals surface area contributed by atoms with Crippen molar-refractivity contribution in [2.45, 2.75) is 30.3 Å². The summed E-state index contributed by atoms with van der Waals surface area (Å²) in [7, 11) is -3.84. The molecule has 1 aromatic carbocycles. The van der Waals surface area contributed by atoms with Gasteiger partial charge in [0.05, 0.1) is 6.10 Å². The Kier molecular flexibility index (Phi) is 4.38. The standard InChI is InChI=1S/C12H17FN2O3S/c13-11-8-9(14)3-4-12(11)19(16,17)15-6-5-10-2-1-7-18-10/h3-4,8,10,15H,1-2,5-7,14H2. The maximum atomic E-state index is 13.6. The van der Waals surface area contributed by atoms with E-state index in [1.807, 2.05) is 0 Å². The lowest BCUT2D eigenvalue weighted by molar-refractivity contribution is 0.105. The third-order valence-corrected chi connectivity index (χ3v) is 4.52. The van der Waals surface area contributed by atoms with Crippen LogP contribution in [0.4, 0.5) is 10.1 Å². The first-order valence-electron chi connectivity index (χ1n) is 6.15. The number of hydrogen-bond donors (Lipinski definition) is 2. The van der Waals surface area contributed by atoms with Crippen LogP contribution in [-0.2, 0) is 14.8 Å². The molecule has 0 saturated carbocycles. The molecule has 1 aromatic rings. The molecule has 0 spiro atoms. The van der Waals surface area contributed by atoms with Crippen molar-refractivity contribution < 1.29 is 17.5 Å². The molecule has 5 nitrogen and oxygen atoms in total. The van der Waals surface area contributed by atoms with E-state index in [2.05, 4.69) is 4.72 Å². The molecule has 1 fully saturated rings. The van der Waals surface area contributed by atoms with Crippen LogP contribution in [0.2, 0.25) is 0 Å². The molecule has 1 atom stereocenters. The number of anilines is 1. The van der Waals surface area contributed by atoms with Gasteiger partial charge in [-0.25, -0.2) is 17.5 Å². The third kappa shape index (κ3) is 3.65. The van der Waals surface area contributed by atoms with Crippen molar-refractivity contribution in [1.82, 2.24) is 4.72 Å². The molecule has 19 heavy (non-hydrogen) atoms. The first-order valence-corrected chi connectivity index (χ1v) is 7.63. The van der Waals surface area contributed by atoms with E-state index in [1.165, 1.54) is 12.1 Å². The van der Waals surface area contributed by atoms with E-state index in [-0.39, 0.29) is 23.2 Å². The monoisotopic (exact) mass is 288 g/mol. The van der Waals surface area contributed by atoms with Gasteiger partial charge in [0.2, 0.25) is 10.0 Å². The predicted octanol–water partition coefficient (Wildman–Crippen LogP) is 1.26. The molecular weight excluding hydrogens is 271 g/mol. The summed E-state index contributed by atoms with van der Waals surface area (Å²) in [6, 6.07) is 3.52. The van der Waals surface area contributed by atoms with Gasteiger partial charge < -0.3 is 10.5 Å². The Morgan fingerprint density at radius 3 is 2.89 bits per heavy atom. The van der Waals surface area contributed by atoms with Gasteiger partial charge in [0, 0.05) is 18.8 Å². The van der Waals surface area contributed by atoms with Crippen molar-refractivity contribution in [3.05, 3.63) is 24.0 Å². The van der Waals surface area contributed by atoms with E-state index in [1.54, 1.807) is 0 Å². The van der Waals surface area contributed by atoms with Gasteiger partial charge in [0.15, 0.2) is 0 Å². The molecule has 1 heterocycles. The Labute approximate surface area is 112 Å². The Bertz CT molecular complexity index is 542. The number of benzene rings is 1. The molecular formula is C12H17FN2O3S. The Balaban J connectivity index is 1.97. The molecule has 106 valence electrons. The molecule has 1 saturated heterocycles. The largest absolute Gasteiger partial charge is 0.399 e. The second kappa shape index (κ2) is 5.85. The second-order valence-electron chi connectivity index (χ2n) is 4.51. The molecule has 7 heteroatoms. The van der Waals surface area contributed by atoms with Crippen LogP contribution in [0.25, 0.3) is 0 Å². The van der Waals surface area contributed by atoms with Crippen molar-refractivity contribution in [1.29, 1.82) is 0 Å². The van der Waals surface area contributed by atoms with E-state index < -0.39 is 15.8 Å². The number of rotatable bonds is 5. The van der Waals surface area contributed by atoms with Crippen LogP contribution < -0.4 is 10.5 Å². The van der Waals surface area contributed by atoms with Crippen molar-refractivity contribution >= 4 is 15.7 Å². The summed E-state index contributed by atoms with van der Waals surface area (Å²) in [5.74, 6) is -0.843. The van der Waals surface area contributed by atoms with Crippen LogP contribution >= 0.6 is 0 Å². The highest BCUT2D eigenvalue weighted by Crippen LogP contribution is 2.18. The Hall–Kier alpha value is -1.18. The topological polar surface area (TPSA) is 81.4 Å². The highest BCUT2D eigenvalue weighted by Gasteiger charge is 2.20. The summed E-state index contributed by atoms with van der Waals surface area (Å²) in [5.41, 5.74) is 5.57. The number of nitrogens with one attached hydrogen (secondary N) is 1. The van der Waals surface area contributed by atoms with E-state index in [9.17, 15) is 12.8 Å². The molecule has 0 aromatic heterocycles. The molecule has 1 aliphatic rings. The number of nitrogens with two attached hydrogens (primary N) is 1. The van der Waals surface area contributed by atoms with E-state index >= 15 is 0 Å². The van der Waals surface area contributed by atoms with Crippen LogP contribution in [0.3, 0.4) is 0 Å². The summed E-state index contributed by atoms with van der Waals surface area (Å²) in [6.45, 7) is 0.959. The van der Waals surface area contributed by atoms with Gasteiger partial charge in [-0.05, 0) is 37.5 Å². The summed E-state index contributed by atoms with van der Waals surface area (Å²) in [6.07, 6.45) is 2.64. The molecule has 1 unspecified atom stereocenters. The first-order chi connectivity index (χ1) is 8.99. The first kappa shape index (κ1) is 14.2. The quantitative estimate of drug-likeness (QED) is 0.799. The Morgan fingerprint density at radius 2 is 2.26 bits per heavy atom. The lowest BCUT2D eigenvalue weighted by Crippen LogP contribution is -2.28. The number of hydrogen-bond acceptors (Lipinski definition) is 4. The normalized spacial score (nSPS) is 19.7. The van der Waals surface area contributed by atoms with Gasteiger partial charge >= 0.3 is 0 Å². The SMILES string of the molecule is Nc1ccc(S(=O)(=O)NCCC2CCCO2)c(F)c1. The summed E-state index contributed by atoms with van der Waals surface area (Å²) < 4.78 is 45.1. The second-order valence-corrected chi connectivity index (χ2v) is 6.25. The van der Waals surface area contributed by atoms with E-state index in [0.717, 1.165) is 25.5 Å². The lowest BCUT2D eigenvalue weighted by atomic mass is 10.2. The average Bonchev–Trinajstić information content (AvgIpc) is 2.81. The smallest absolute Gasteiger partial charge is 0.243 e. The van der Waals surface area contributed by atoms with Gasteiger partial charge in [0.25, 0.3) is 0 Å². The lowest BCUT2D eigenvalue weighted by Gasteiger charge is -2.11. The zero-order valence-electron chi connectivity index (χ0n) is 10.4. The van der Waals surface area contributed by atoms with Crippen molar-refractivity contribution in [2.75, 3.05) is 18.9 Å². The fourth-order valence-corrected chi connectivity index (χ4v) is 3.14. The minimum Gasteiger partial charge on any atom is -0.399 e. The van der Waals surface area contributed by atoms with Gasteiger partial charge in [0.1, 0.15) is 10.7 Å². The molecule has 0 aliphatic carbocycles. The van der Waals surface area contributed by atoms with Crippen LogP contribution in [0, 0.1) is 5.82 Å². The van der Waals surface area contributed by atoms with E-state index in [0.29, 0.717) is 6.42 Å². The minimum absolute atomic E-state index is 0.0963. The van der Waals surface area contributed by atoms with Crippen LogP contribution in [-0.4, -0.2) is 27.7 Å². The molecule has 0 amide bonds. The van der Waals surface area contributed by atoms with Crippen LogP contribution in [0.1, 0.15) is 19.3 Å². The van der Waals surface area contributed by atoms with Gasteiger partial charge in [-0.1, -0.05) is 0 Å². The fraction of sp³-hybridized carbons (Fsp3) is 0.500. The highest BCUT2D eigenvalue weighted by atomic mass is 32.2. The van der Waals surface area contributed by atoms with Crippen molar-refractivity contribution in [3.8, 4) is 0 Å². The highest BCUT2D eigenvalue weighted by molar-refractivity contribution is 7.89. The zero-order chi connectivity index (χ0) is 13.9. The zero-order valence-corrected chi connectivity index (χ0v) is 11.2. The molecule has 0 bridgehead atoms. The summed E-state index contributed by atoms with van der Waals surface area (Å²) >= 11 is 0. The number of sulfonamides is 1. The third-order valence-electron chi connectivity index (χ3n) is 3.03. The molecule has 3 N–H and O–H groups in total. The Morgan fingerprint density at radius 1 is 1.47 bits per heavy atom. The number of ether oxygens (including phenoxy) is 1.